The van der Waals surface area contributed by atoms with Crippen molar-refractivity contribution in [2.24, 2.45) is 5.84 Å². The van der Waals surface area contributed by atoms with Crippen molar-refractivity contribution in [2.75, 3.05) is 0 Å². The van der Waals surface area contributed by atoms with E-state index in [1.165, 1.54) is 12.4 Å². The van der Waals surface area contributed by atoms with E-state index in [9.17, 15) is 4.39 Å². The predicted octanol–water partition coefficient (Wildman–Crippen LogP) is 1.64. The van der Waals surface area contributed by atoms with E-state index in [1.807, 2.05) is 6.92 Å². The molecule has 0 radical (unpaired) electrons. The maximum Gasteiger partial charge on any atom is 0.146 e. The maximum absolute atomic E-state index is 13.8. The molecule has 96 valence electrons. The predicted molar refractivity (Wildman–Crippen MR) is 66.3 cm³/mol. The number of aromatic nitrogens is 3. The van der Waals surface area contributed by atoms with Gasteiger partial charge in [-0.25, -0.2) is 9.82 Å². The second-order valence-electron chi connectivity index (χ2n) is 3.69. The summed E-state index contributed by atoms with van der Waals surface area (Å²) < 4.78 is 15.4. The van der Waals surface area contributed by atoms with Crippen molar-refractivity contribution < 1.29 is 4.39 Å². The molecular formula is C11H13ClFN5. The molecule has 5 nitrogen and oxygen atoms in total. The molecule has 2 aromatic rings. The molecule has 0 aliphatic carbocycles. The van der Waals surface area contributed by atoms with Crippen LogP contribution in [0.25, 0.3) is 0 Å². The minimum Gasteiger partial charge on any atom is -0.271 e. The molecule has 3 N–H and O–H groups in total. The molecule has 2 heterocycles. The molecular weight excluding hydrogens is 257 g/mol. The van der Waals surface area contributed by atoms with Gasteiger partial charge in [0.05, 0.1) is 29.2 Å². The number of nitrogens with two attached hydrogens (primary N) is 1. The fourth-order valence-electron chi connectivity index (χ4n) is 1.85. The van der Waals surface area contributed by atoms with Crippen LogP contribution < -0.4 is 11.3 Å². The summed E-state index contributed by atoms with van der Waals surface area (Å²) >= 11 is 6.08. The van der Waals surface area contributed by atoms with Crippen molar-refractivity contribution in [3.8, 4) is 0 Å². The molecule has 0 aliphatic rings. The summed E-state index contributed by atoms with van der Waals surface area (Å²) in [5.41, 5.74) is 3.57. The van der Waals surface area contributed by atoms with Gasteiger partial charge in [0, 0.05) is 18.3 Å². The average molecular weight is 270 g/mol. The Balaban J connectivity index is 2.52. The van der Waals surface area contributed by atoms with E-state index in [0.29, 0.717) is 22.8 Å². The second-order valence-corrected chi connectivity index (χ2v) is 4.10. The fourth-order valence-corrected chi connectivity index (χ4v) is 2.10. The third-order valence-corrected chi connectivity index (χ3v) is 2.98. The highest BCUT2D eigenvalue weighted by Crippen LogP contribution is 2.28. The van der Waals surface area contributed by atoms with E-state index >= 15 is 0 Å². The van der Waals surface area contributed by atoms with Crippen LogP contribution in [0.1, 0.15) is 24.2 Å². The van der Waals surface area contributed by atoms with Crippen molar-refractivity contribution in [1.29, 1.82) is 0 Å². The highest BCUT2D eigenvalue weighted by atomic mass is 35.5. The number of halogens is 2. The Morgan fingerprint density at radius 1 is 1.56 bits per heavy atom. The lowest BCUT2D eigenvalue weighted by atomic mass is 10.1. The molecule has 0 aromatic carbocycles. The van der Waals surface area contributed by atoms with Gasteiger partial charge in [0.1, 0.15) is 5.82 Å². The zero-order valence-corrected chi connectivity index (χ0v) is 10.5. The summed E-state index contributed by atoms with van der Waals surface area (Å²) in [6.07, 6.45) is 4.16. The third-order valence-electron chi connectivity index (χ3n) is 2.69. The Kier molecular flexibility index (Phi) is 3.90. The molecule has 1 unspecified atom stereocenters. The van der Waals surface area contributed by atoms with Crippen molar-refractivity contribution in [1.82, 2.24) is 20.2 Å². The molecule has 0 spiro atoms. The first-order valence-electron chi connectivity index (χ1n) is 5.45. The van der Waals surface area contributed by atoms with Gasteiger partial charge in [-0.15, -0.1) is 0 Å². The Morgan fingerprint density at radius 3 is 2.94 bits per heavy atom. The topological polar surface area (TPSA) is 68.8 Å². The van der Waals surface area contributed by atoms with E-state index in [-0.39, 0.29) is 0 Å². The summed E-state index contributed by atoms with van der Waals surface area (Å²) in [7, 11) is 0. The van der Waals surface area contributed by atoms with Crippen LogP contribution in [-0.2, 0) is 6.54 Å². The van der Waals surface area contributed by atoms with Gasteiger partial charge in [-0.2, -0.15) is 5.10 Å². The van der Waals surface area contributed by atoms with Crippen molar-refractivity contribution in [3.63, 3.8) is 0 Å². The van der Waals surface area contributed by atoms with Crippen LogP contribution in [0.4, 0.5) is 4.39 Å². The number of rotatable bonds is 4. The van der Waals surface area contributed by atoms with Gasteiger partial charge in [0.15, 0.2) is 0 Å². The zero-order chi connectivity index (χ0) is 13.1. The van der Waals surface area contributed by atoms with Crippen LogP contribution in [0.5, 0.6) is 0 Å². The number of nitrogens with zero attached hydrogens (tertiary/aromatic N) is 3. The summed E-state index contributed by atoms with van der Waals surface area (Å²) in [6, 6.07) is 0.992. The van der Waals surface area contributed by atoms with Crippen LogP contribution in [0.3, 0.4) is 0 Å². The minimum absolute atomic E-state index is 0.379. The lowest BCUT2D eigenvalue weighted by Crippen LogP contribution is -2.31. The number of nitrogens with one attached hydrogen (secondary N) is 1. The highest BCUT2D eigenvalue weighted by Gasteiger charge is 2.23. The van der Waals surface area contributed by atoms with E-state index in [2.05, 4.69) is 15.5 Å². The molecule has 18 heavy (non-hydrogen) atoms. The monoisotopic (exact) mass is 269 g/mol. The molecule has 0 aliphatic heterocycles. The lowest BCUT2D eigenvalue weighted by Gasteiger charge is -2.18. The standard InChI is InChI=1S/C11H13ClFN5/c1-2-18-11(8(12)5-16-18)10(17-14)7-3-4-15-6-9(7)13/h3-6,10,17H,2,14H2,1H3. The van der Waals surface area contributed by atoms with Crippen LogP contribution >= 0.6 is 11.6 Å². The molecule has 2 rings (SSSR count). The van der Waals surface area contributed by atoms with Crippen molar-refractivity contribution in [3.05, 3.63) is 46.8 Å². The smallest absolute Gasteiger partial charge is 0.146 e. The normalized spacial score (nSPS) is 12.7. The maximum atomic E-state index is 13.8. The second kappa shape index (κ2) is 5.43. The van der Waals surface area contributed by atoms with Gasteiger partial charge < -0.3 is 0 Å². The number of hydrogen-bond acceptors (Lipinski definition) is 4. The van der Waals surface area contributed by atoms with Crippen LogP contribution in [-0.4, -0.2) is 14.8 Å². The number of aryl methyl sites for hydroxylation is 1. The summed E-state index contributed by atoms with van der Waals surface area (Å²) in [5.74, 6) is 5.08. The van der Waals surface area contributed by atoms with Crippen LogP contribution in [0.15, 0.2) is 24.7 Å². The largest absolute Gasteiger partial charge is 0.271 e. The van der Waals surface area contributed by atoms with Gasteiger partial charge in [-0.05, 0) is 13.0 Å². The molecule has 0 fully saturated rings. The lowest BCUT2D eigenvalue weighted by molar-refractivity contribution is 0.514. The molecule has 2 aromatic heterocycles. The van der Waals surface area contributed by atoms with Crippen LogP contribution in [0.2, 0.25) is 5.02 Å². The first-order valence-corrected chi connectivity index (χ1v) is 5.83. The molecule has 7 heteroatoms. The van der Waals surface area contributed by atoms with E-state index in [4.69, 9.17) is 17.4 Å². The van der Waals surface area contributed by atoms with Gasteiger partial charge in [0.2, 0.25) is 0 Å². The number of pyridine rings is 1. The molecule has 0 saturated carbocycles. The first-order chi connectivity index (χ1) is 8.69. The summed E-state index contributed by atoms with van der Waals surface area (Å²) in [6.45, 7) is 2.54. The zero-order valence-electron chi connectivity index (χ0n) is 9.77. The number of hydrogen-bond donors (Lipinski definition) is 2. The Labute approximate surface area is 109 Å². The Hall–Kier alpha value is -1.50. The molecule has 0 bridgehead atoms. The average Bonchev–Trinajstić information content (AvgIpc) is 2.74. The van der Waals surface area contributed by atoms with Gasteiger partial charge in [-0.1, -0.05) is 11.6 Å². The van der Waals surface area contributed by atoms with Crippen molar-refractivity contribution in [2.45, 2.75) is 19.5 Å². The Bertz CT molecular complexity index is 542. The Morgan fingerprint density at radius 2 is 2.33 bits per heavy atom. The SMILES string of the molecule is CCn1ncc(Cl)c1C(NN)c1ccncc1F. The molecule has 0 amide bonds. The van der Waals surface area contributed by atoms with E-state index in [0.717, 1.165) is 6.20 Å². The molecule has 0 saturated heterocycles. The minimum atomic E-state index is -0.567. The van der Waals surface area contributed by atoms with Gasteiger partial charge in [-0.3, -0.25) is 15.5 Å². The van der Waals surface area contributed by atoms with E-state index < -0.39 is 11.9 Å². The van der Waals surface area contributed by atoms with E-state index in [1.54, 1.807) is 10.7 Å². The first kappa shape index (κ1) is 12.9. The van der Waals surface area contributed by atoms with Crippen molar-refractivity contribution >= 4 is 11.6 Å². The van der Waals surface area contributed by atoms with Gasteiger partial charge >= 0.3 is 0 Å². The fraction of sp³-hybridized carbons (Fsp3) is 0.273. The molecule has 1 atom stereocenters. The summed E-state index contributed by atoms with van der Waals surface area (Å²) in [4.78, 5) is 3.71. The number of hydrazine groups is 1. The highest BCUT2D eigenvalue weighted by molar-refractivity contribution is 6.31. The quantitative estimate of drug-likeness (QED) is 0.654. The third kappa shape index (κ3) is 2.22. The summed E-state index contributed by atoms with van der Waals surface area (Å²) in [5, 5.41) is 4.55. The van der Waals surface area contributed by atoms with Crippen LogP contribution in [0, 0.1) is 5.82 Å². The van der Waals surface area contributed by atoms with Gasteiger partial charge in [0.25, 0.3) is 0 Å².